The Balaban J connectivity index is 2.21. The van der Waals surface area contributed by atoms with Crippen molar-refractivity contribution < 1.29 is 4.79 Å². The van der Waals surface area contributed by atoms with Crippen LogP contribution in [0.1, 0.15) is 17.9 Å². The topological polar surface area (TPSA) is 42.0 Å². The average molecular weight is 241 g/mol. The van der Waals surface area contributed by atoms with Crippen LogP contribution in [0.25, 0.3) is 0 Å². The molecule has 1 aromatic heterocycles. The lowest BCUT2D eigenvalue weighted by molar-refractivity contribution is -0.119. The number of carbonyl (C=O) groups excluding carboxylic acids is 1. The van der Waals surface area contributed by atoms with E-state index < -0.39 is 0 Å². The summed E-state index contributed by atoms with van der Waals surface area (Å²) in [6.07, 6.45) is 4.14. The Kier molecular flexibility index (Phi) is 2.31. The molecule has 0 bridgehead atoms. The predicted molar refractivity (Wildman–Crippen MR) is 52.3 cm³/mol. The maximum atomic E-state index is 11.0. The number of rotatable bonds is 1. The van der Waals surface area contributed by atoms with Gasteiger partial charge in [-0.3, -0.25) is 9.78 Å². The molecule has 0 spiro atoms. The number of carbonyl (C=O) groups is 1. The molecule has 0 aliphatic carbocycles. The SMILES string of the molecule is O=C1C[C@H](c2cncc(Br)c2)CN1. The fourth-order valence-electron chi connectivity index (χ4n) is 1.49. The number of hydrogen-bond acceptors (Lipinski definition) is 2. The zero-order valence-electron chi connectivity index (χ0n) is 6.96. The summed E-state index contributed by atoms with van der Waals surface area (Å²) >= 11 is 3.36. The van der Waals surface area contributed by atoms with Gasteiger partial charge >= 0.3 is 0 Å². The zero-order chi connectivity index (χ0) is 9.26. The molecule has 1 N–H and O–H groups in total. The quantitative estimate of drug-likeness (QED) is 0.808. The second-order valence-corrected chi connectivity index (χ2v) is 4.06. The Labute approximate surface area is 84.7 Å². The molecule has 0 radical (unpaired) electrons. The summed E-state index contributed by atoms with van der Waals surface area (Å²) < 4.78 is 0.962. The minimum Gasteiger partial charge on any atom is -0.355 e. The first-order valence-electron chi connectivity index (χ1n) is 4.13. The molecule has 0 saturated carbocycles. The molecular weight excluding hydrogens is 232 g/mol. The van der Waals surface area contributed by atoms with Crippen LogP contribution in [-0.4, -0.2) is 17.4 Å². The van der Waals surface area contributed by atoms with Gasteiger partial charge in [0.15, 0.2) is 0 Å². The van der Waals surface area contributed by atoms with E-state index in [2.05, 4.69) is 26.2 Å². The number of nitrogens with zero attached hydrogens (tertiary/aromatic N) is 1. The highest BCUT2D eigenvalue weighted by Crippen LogP contribution is 2.24. The van der Waals surface area contributed by atoms with E-state index in [-0.39, 0.29) is 11.8 Å². The van der Waals surface area contributed by atoms with E-state index in [1.165, 1.54) is 0 Å². The molecule has 1 fully saturated rings. The Bertz CT molecular complexity index is 340. The maximum absolute atomic E-state index is 11.0. The fourth-order valence-corrected chi connectivity index (χ4v) is 1.87. The van der Waals surface area contributed by atoms with Crippen LogP contribution >= 0.6 is 15.9 Å². The van der Waals surface area contributed by atoms with Crippen LogP contribution in [0.15, 0.2) is 22.9 Å². The third kappa shape index (κ3) is 1.88. The van der Waals surface area contributed by atoms with Crippen molar-refractivity contribution in [2.75, 3.05) is 6.54 Å². The summed E-state index contributed by atoms with van der Waals surface area (Å²) in [5, 5.41) is 2.81. The van der Waals surface area contributed by atoms with E-state index in [1.54, 1.807) is 6.20 Å². The Morgan fingerprint density at radius 1 is 1.54 bits per heavy atom. The van der Waals surface area contributed by atoms with Gasteiger partial charge < -0.3 is 5.32 Å². The number of halogens is 1. The van der Waals surface area contributed by atoms with Gasteiger partial charge in [0.2, 0.25) is 5.91 Å². The van der Waals surface area contributed by atoms with Gasteiger partial charge in [-0.05, 0) is 27.6 Å². The third-order valence-corrected chi connectivity index (χ3v) is 2.61. The van der Waals surface area contributed by atoms with E-state index >= 15 is 0 Å². The number of pyridine rings is 1. The van der Waals surface area contributed by atoms with Crippen LogP contribution in [0.5, 0.6) is 0 Å². The first-order chi connectivity index (χ1) is 6.25. The van der Waals surface area contributed by atoms with Crippen molar-refractivity contribution in [2.24, 2.45) is 0 Å². The zero-order valence-corrected chi connectivity index (χ0v) is 8.54. The molecule has 2 heterocycles. The lowest BCUT2D eigenvalue weighted by Gasteiger charge is -2.06. The predicted octanol–water partition coefficient (Wildman–Crippen LogP) is 1.45. The van der Waals surface area contributed by atoms with E-state index in [0.29, 0.717) is 6.42 Å². The molecule has 0 aromatic carbocycles. The lowest BCUT2D eigenvalue weighted by atomic mass is 10.0. The summed E-state index contributed by atoms with van der Waals surface area (Å²) in [6.45, 7) is 0.733. The molecule has 1 atom stereocenters. The lowest BCUT2D eigenvalue weighted by Crippen LogP contribution is -2.13. The van der Waals surface area contributed by atoms with Crippen LogP contribution in [-0.2, 0) is 4.79 Å². The minimum absolute atomic E-state index is 0.130. The first-order valence-corrected chi connectivity index (χ1v) is 4.92. The van der Waals surface area contributed by atoms with Crippen LogP contribution in [0.2, 0.25) is 0 Å². The highest BCUT2D eigenvalue weighted by atomic mass is 79.9. The van der Waals surface area contributed by atoms with Crippen LogP contribution in [0, 0.1) is 0 Å². The first kappa shape index (κ1) is 8.69. The monoisotopic (exact) mass is 240 g/mol. The molecule has 1 aliphatic rings. The molecule has 1 aromatic rings. The molecule has 3 nitrogen and oxygen atoms in total. The minimum atomic E-state index is 0.130. The van der Waals surface area contributed by atoms with Gasteiger partial charge in [-0.2, -0.15) is 0 Å². The fraction of sp³-hybridized carbons (Fsp3) is 0.333. The summed E-state index contributed by atoms with van der Waals surface area (Å²) in [6, 6.07) is 2.01. The number of nitrogens with one attached hydrogen (secondary N) is 1. The molecular formula is C9H9BrN2O. The summed E-state index contributed by atoms with van der Waals surface area (Å²) in [7, 11) is 0. The molecule has 13 heavy (non-hydrogen) atoms. The molecule has 1 saturated heterocycles. The third-order valence-electron chi connectivity index (χ3n) is 2.17. The van der Waals surface area contributed by atoms with Gasteiger partial charge in [0, 0.05) is 35.7 Å². The molecule has 68 valence electrons. The second kappa shape index (κ2) is 3.46. The van der Waals surface area contributed by atoms with Crippen molar-refractivity contribution in [3.05, 3.63) is 28.5 Å². The maximum Gasteiger partial charge on any atom is 0.220 e. The van der Waals surface area contributed by atoms with Gasteiger partial charge in [-0.1, -0.05) is 0 Å². The summed E-state index contributed by atoms with van der Waals surface area (Å²) in [4.78, 5) is 15.0. The smallest absolute Gasteiger partial charge is 0.220 e. The molecule has 1 aliphatic heterocycles. The average Bonchev–Trinajstić information content (AvgIpc) is 2.52. The van der Waals surface area contributed by atoms with Gasteiger partial charge in [0.1, 0.15) is 0 Å². The molecule has 1 amide bonds. The molecule has 4 heteroatoms. The van der Waals surface area contributed by atoms with Crippen molar-refractivity contribution in [1.29, 1.82) is 0 Å². The van der Waals surface area contributed by atoms with Crippen molar-refractivity contribution in [1.82, 2.24) is 10.3 Å². The largest absolute Gasteiger partial charge is 0.355 e. The highest BCUT2D eigenvalue weighted by molar-refractivity contribution is 9.10. The van der Waals surface area contributed by atoms with Crippen molar-refractivity contribution in [2.45, 2.75) is 12.3 Å². The normalized spacial score (nSPS) is 21.6. The van der Waals surface area contributed by atoms with Gasteiger partial charge in [0.25, 0.3) is 0 Å². The summed E-state index contributed by atoms with van der Waals surface area (Å²) in [5.74, 6) is 0.419. The second-order valence-electron chi connectivity index (χ2n) is 3.14. The number of hydrogen-bond donors (Lipinski definition) is 1. The van der Waals surface area contributed by atoms with Crippen LogP contribution < -0.4 is 5.32 Å². The van der Waals surface area contributed by atoms with E-state index in [1.807, 2.05) is 12.3 Å². The van der Waals surface area contributed by atoms with Crippen LogP contribution in [0.4, 0.5) is 0 Å². The van der Waals surface area contributed by atoms with E-state index in [4.69, 9.17) is 0 Å². The highest BCUT2D eigenvalue weighted by Gasteiger charge is 2.22. The van der Waals surface area contributed by atoms with E-state index in [0.717, 1.165) is 16.6 Å². The van der Waals surface area contributed by atoms with Gasteiger partial charge in [-0.25, -0.2) is 0 Å². The van der Waals surface area contributed by atoms with Crippen molar-refractivity contribution in [3.63, 3.8) is 0 Å². The summed E-state index contributed by atoms with van der Waals surface area (Å²) in [5.41, 5.74) is 1.12. The Morgan fingerprint density at radius 2 is 2.38 bits per heavy atom. The van der Waals surface area contributed by atoms with Gasteiger partial charge in [0.05, 0.1) is 0 Å². The number of aromatic nitrogens is 1. The van der Waals surface area contributed by atoms with Gasteiger partial charge in [-0.15, -0.1) is 0 Å². The molecule has 0 unspecified atom stereocenters. The standard InChI is InChI=1S/C9H9BrN2O/c10-8-1-6(3-11-5-8)7-2-9(13)12-4-7/h1,3,5,7H,2,4H2,(H,12,13)/t7-/m0/s1. The Hall–Kier alpha value is -0.900. The Morgan fingerprint density at radius 3 is 3.00 bits per heavy atom. The molecule has 2 rings (SSSR count). The van der Waals surface area contributed by atoms with E-state index in [9.17, 15) is 4.79 Å². The van der Waals surface area contributed by atoms with Crippen molar-refractivity contribution in [3.8, 4) is 0 Å². The van der Waals surface area contributed by atoms with Crippen LogP contribution in [0.3, 0.4) is 0 Å². The van der Waals surface area contributed by atoms with Crippen molar-refractivity contribution >= 4 is 21.8 Å². The number of amides is 1.